The Bertz CT molecular complexity index is 542. The molecule has 5 heteroatoms. The normalized spacial score (nSPS) is 12.7. The van der Waals surface area contributed by atoms with E-state index >= 15 is 0 Å². The van der Waals surface area contributed by atoms with Gasteiger partial charge in [-0.1, -0.05) is 34.5 Å². The molecule has 0 radical (unpaired) electrons. The largest absolute Gasteiger partial charge is 0.306 e. The first kappa shape index (κ1) is 14.5. The molecule has 96 valence electrons. The molecule has 0 aliphatic rings. The van der Waals surface area contributed by atoms with Gasteiger partial charge in [0.2, 0.25) is 0 Å². The van der Waals surface area contributed by atoms with Gasteiger partial charge in [0.25, 0.3) is 0 Å². The Balaban J connectivity index is 2.48. The van der Waals surface area contributed by atoms with Crippen LogP contribution in [0, 0.1) is 0 Å². The number of rotatable bonds is 4. The minimum atomic E-state index is 0.112. The van der Waals surface area contributed by atoms with E-state index in [0.29, 0.717) is 0 Å². The molecule has 0 spiro atoms. The van der Waals surface area contributed by atoms with Gasteiger partial charge in [-0.05, 0) is 57.2 Å². The zero-order chi connectivity index (χ0) is 13.1. The van der Waals surface area contributed by atoms with E-state index in [-0.39, 0.29) is 6.04 Å². The van der Waals surface area contributed by atoms with Gasteiger partial charge in [-0.3, -0.25) is 0 Å². The molecule has 2 rings (SSSR count). The van der Waals surface area contributed by atoms with Crippen molar-refractivity contribution in [2.75, 3.05) is 6.54 Å². The Kier molecular flexibility index (Phi) is 5.27. The van der Waals surface area contributed by atoms with E-state index in [4.69, 9.17) is 11.6 Å². The van der Waals surface area contributed by atoms with Gasteiger partial charge in [0, 0.05) is 19.3 Å². The highest BCUT2D eigenvalue weighted by atomic mass is 79.9. The summed E-state index contributed by atoms with van der Waals surface area (Å²) in [5, 5.41) is 8.50. The van der Waals surface area contributed by atoms with Gasteiger partial charge in [-0.15, -0.1) is 0 Å². The van der Waals surface area contributed by atoms with Crippen LogP contribution in [0.2, 0.25) is 5.02 Å². The Hall–Kier alpha value is 0.130. The summed E-state index contributed by atoms with van der Waals surface area (Å²) in [7, 11) is 0. The first-order chi connectivity index (χ1) is 8.63. The predicted molar refractivity (Wildman–Crippen MR) is 86.7 cm³/mol. The fraction of sp³-hybridized carbons (Fsp3) is 0.231. The monoisotopic (exact) mass is 407 g/mol. The van der Waals surface area contributed by atoms with Gasteiger partial charge in [-0.2, -0.15) is 11.3 Å². The van der Waals surface area contributed by atoms with E-state index in [9.17, 15) is 0 Å². The minimum Gasteiger partial charge on any atom is -0.306 e. The van der Waals surface area contributed by atoms with Crippen molar-refractivity contribution in [3.05, 3.63) is 54.1 Å². The van der Waals surface area contributed by atoms with Crippen molar-refractivity contribution in [3.63, 3.8) is 0 Å². The molecule has 0 aliphatic heterocycles. The molecular weight excluding hydrogens is 397 g/mol. The van der Waals surface area contributed by atoms with Gasteiger partial charge in [-0.25, -0.2) is 0 Å². The van der Waals surface area contributed by atoms with Gasteiger partial charge in [0.1, 0.15) is 0 Å². The maximum atomic E-state index is 6.32. The first-order valence-corrected chi connectivity index (χ1v) is 8.44. The molecule has 1 unspecified atom stereocenters. The van der Waals surface area contributed by atoms with E-state index in [1.165, 1.54) is 5.56 Å². The highest BCUT2D eigenvalue weighted by Crippen LogP contribution is 2.35. The second kappa shape index (κ2) is 6.53. The fourth-order valence-electron chi connectivity index (χ4n) is 1.82. The van der Waals surface area contributed by atoms with Crippen LogP contribution in [0.4, 0.5) is 0 Å². The van der Waals surface area contributed by atoms with Crippen molar-refractivity contribution in [3.8, 4) is 0 Å². The zero-order valence-corrected chi connectivity index (χ0v) is 14.5. The van der Waals surface area contributed by atoms with Crippen molar-refractivity contribution in [1.29, 1.82) is 0 Å². The summed E-state index contributed by atoms with van der Waals surface area (Å²) in [6, 6.07) is 6.06. The number of halogens is 3. The Morgan fingerprint density at radius 2 is 2.06 bits per heavy atom. The molecule has 0 fully saturated rings. The van der Waals surface area contributed by atoms with Gasteiger partial charge < -0.3 is 5.32 Å². The number of benzene rings is 1. The van der Waals surface area contributed by atoms with Crippen LogP contribution in [0.3, 0.4) is 0 Å². The van der Waals surface area contributed by atoms with Crippen molar-refractivity contribution < 1.29 is 0 Å². The van der Waals surface area contributed by atoms with Crippen LogP contribution in [0.15, 0.2) is 37.9 Å². The summed E-state index contributed by atoms with van der Waals surface area (Å²) in [4.78, 5) is 0. The molecule has 0 saturated heterocycles. The molecule has 1 heterocycles. The lowest BCUT2D eigenvalue weighted by atomic mass is 10.0. The van der Waals surface area contributed by atoms with Crippen LogP contribution < -0.4 is 5.32 Å². The first-order valence-electron chi connectivity index (χ1n) is 5.53. The SMILES string of the molecule is CCNC(c1cc(Br)ccc1Cl)c1cscc1Br. The van der Waals surface area contributed by atoms with E-state index < -0.39 is 0 Å². The summed E-state index contributed by atoms with van der Waals surface area (Å²) in [5.41, 5.74) is 2.31. The predicted octanol–water partition coefficient (Wildman–Crippen LogP) is 5.63. The van der Waals surface area contributed by atoms with E-state index in [1.807, 2.05) is 12.1 Å². The average Bonchev–Trinajstić information content (AvgIpc) is 2.76. The summed E-state index contributed by atoms with van der Waals surface area (Å²) < 4.78 is 2.16. The topological polar surface area (TPSA) is 12.0 Å². The summed E-state index contributed by atoms with van der Waals surface area (Å²) in [6.07, 6.45) is 0. The summed E-state index contributed by atoms with van der Waals surface area (Å²) >= 11 is 15.1. The van der Waals surface area contributed by atoms with Crippen LogP contribution in [-0.4, -0.2) is 6.54 Å². The minimum absolute atomic E-state index is 0.112. The molecule has 1 atom stereocenters. The highest BCUT2D eigenvalue weighted by molar-refractivity contribution is 9.10. The van der Waals surface area contributed by atoms with Crippen molar-refractivity contribution in [2.45, 2.75) is 13.0 Å². The zero-order valence-electron chi connectivity index (χ0n) is 9.71. The molecule has 1 aromatic carbocycles. The van der Waals surface area contributed by atoms with E-state index in [1.54, 1.807) is 11.3 Å². The Labute approximate surface area is 133 Å². The van der Waals surface area contributed by atoms with Gasteiger partial charge in [0.15, 0.2) is 0 Å². The third kappa shape index (κ3) is 3.17. The molecule has 1 aromatic heterocycles. The second-order valence-corrected chi connectivity index (χ2v) is 6.75. The lowest BCUT2D eigenvalue weighted by Gasteiger charge is -2.20. The van der Waals surface area contributed by atoms with Crippen LogP contribution in [0.1, 0.15) is 24.1 Å². The van der Waals surface area contributed by atoms with Crippen molar-refractivity contribution in [2.24, 2.45) is 0 Å². The number of nitrogens with one attached hydrogen (secondary N) is 1. The number of hydrogen-bond acceptors (Lipinski definition) is 2. The van der Waals surface area contributed by atoms with Gasteiger partial charge >= 0.3 is 0 Å². The molecule has 0 bridgehead atoms. The van der Waals surface area contributed by atoms with Crippen LogP contribution >= 0.6 is 54.8 Å². The van der Waals surface area contributed by atoms with Crippen LogP contribution in [-0.2, 0) is 0 Å². The molecule has 0 aliphatic carbocycles. The average molecular weight is 410 g/mol. The standard InChI is InChI=1S/C13H12Br2ClNS/c1-2-17-13(10-6-18-7-11(10)15)9-5-8(14)3-4-12(9)16/h3-7,13,17H,2H2,1H3. The molecular formula is C13H12Br2ClNS. The fourth-order valence-corrected chi connectivity index (χ4v) is 3.98. The maximum absolute atomic E-state index is 6.32. The van der Waals surface area contributed by atoms with E-state index in [0.717, 1.165) is 26.1 Å². The highest BCUT2D eigenvalue weighted by Gasteiger charge is 2.19. The molecule has 1 N–H and O–H groups in total. The van der Waals surface area contributed by atoms with Crippen molar-refractivity contribution >= 4 is 54.8 Å². The molecule has 18 heavy (non-hydrogen) atoms. The quantitative estimate of drug-likeness (QED) is 0.690. The maximum Gasteiger partial charge on any atom is 0.0611 e. The molecule has 2 aromatic rings. The number of thiophene rings is 1. The van der Waals surface area contributed by atoms with Crippen LogP contribution in [0.25, 0.3) is 0 Å². The second-order valence-electron chi connectivity index (χ2n) is 3.83. The summed E-state index contributed by atoms with van der Waals surface area (Å²) in [5.74, 6) is 0. The number of hydrogen-bond donors (Lipinski definition) is 1. The lowest BCUT2D eigenvalue weighted by Crippen LogP contribution is -2.22. The Morgan fingerprint density at radius 1 is 1.28 bits per heavy atom. The third-order valence-corrected chi connectivity index (χ3v) is 5.22. The summed E-state index contributed by atoms with van der Waals surface area (Å²) in [6.45, 7) is 2.98. The third-order valence-electron chi connectivity index (χ3n) is 2.63. The smallest absolute Gasteiger partial charge is 0.0611 e. The molecule has 0 saturated carbocycles. The van der Waals surface area contributed by atoms with Crippen LogP contribution in [0.5, 0.6) is 0 Å². The van der Waals surface area contributed by atoms with E-state index in [2.05, 4.69) is 60.9 Å². The Morgan fingerprint density at radius 3 is 2.67 bits per heavy atom. The van der Waals surface area contributed by atoms with Crippen molar-refractivity contribution in [1.82, 2.24) is 5.32 Å². The molecule has 0 amide bonds. The van der Waals surface area contributed by atoms with Gasteiger partial charge in [0.05, 0.1) is 6.04 Å². The lowest BCUT2D eigenvalue weighted by molar-refractivity contribution is 0.630. The molecule has 1 nitrogen and oxygen atoms in total.